The fourth-order valence-corrected chi connectivity index (χ4v) is 4.15. The van der Waals surface area contributed by atoms with E-state index in [1.54, 1.807) is 7.05 Å². The maximum Gasteiger partial charge on any atom is 0.332 e. The van der Waals surface area contributed by atoms with E-state index in [1.807, 2.05) is 66.1 Å². The van der Waals surface area contributed by atoms with Crippen LogP contribution in [0, 0.1) is 0 Å². The number of anilines is 2. The summed E-state index contributed by atoms with van der Waals surface area (Å²) in [7, 11) is 1.68. The van der Waals surface area contributed by atoms with Crippen molar-refractivity contribution in [3.8, 4) is 11.5 Å². The van der Waals surface area contributed by atoms with Crippen molar-refractivity contribution in [2.75, 3.05) is 11.4 Å². The summed E-state index contributed by atoms with van der Waals surface area (Å²) in [6.45, 7) is 3.80. The van der Waals surface area contributed by atoms with Gasteiger partial charge in [-0.15, -0.1) is 0 Å². The molecule has 1 aliphatic heterocycles. The Bertz CT molecular complexity index is 1380. The Morgan fingerprint density at radius 1 is 0.969 bits per heavy atom. The van der Waals surface area contributed by atoms with Crippen LogP contribution in [0.15, 0.2) is 64.2 Å². The summed E-state index contributed by atoms with van der Waals surface area (Å²) in [6.07, 6.45) is 1.70. The molecular formula is C24H25N5O3. The number of benzene rings is 2. The van der Waals surface area contributed by atoms with Crippen molar-refractivity contribution in [1.29, 1.82) is 0 Å². The fraction of sp³-hybridized carbons (Fsp3) is 0.292. The molecule has 8 nitrogen and oxygen atoms in total. The van der Waals surface area contributed by atoms with E-state index in [0.717, 1.165) is 30.0 Å². The molecule has 0 aliphatic carbocycles. The van der Waals surface area contributed by atoms with Crippen LogP contribution in [0.4, 0.5) is 11.6 Å². The largest absolute Gasteiger partial charge is 0.457 e. The number of aryl methyl sites for hydroxylation is 1. The Labute approximate surface area is 184 Å². The molecule has 0 unspecified atom stereocenters. The number of unbranched alkanes of at least 4 members (excludes halogenated alkanes) is 1. The zero-order chi connectivity index (χ0) is 22.2. The highest BCUT2D eigenvalue weighted by Gasteiger charge is 2.28. The summed E-state index contributed by atoms with van der Waals surface area (Å²) in [5, 5.41) is 0. The van der Waals surface area contributed by atoms with Crippen LogP contribution < -0.4 is 20.9 Å². The van der Waals surface area contributed by atoms with Crippen molar-refractivity contribution in [3.05, 3.63) is 75.4 Å². The SMILES string of the molecule is CCCCn1c(=O)c2c(nc3n2CCN3c2ccc(Oc3ccccc3)cc2)n(C)c1=O. The van der Waals surface area contributed by atoms with E-state index in [2.05, 4.69) is 4.90 Å². The second-order valence-electron chi connectivity index (χ2n) is 7.95. The average Bonchev–Trinajstić information content (AvgIpc) is 3.39. The summed E-state index contributed by atoms with van der Waals surface area (Å²) in [5.41, 5.74) is 1.29. The maximum atomic E-state index is 13.1. The highest BCUT2D eigenvalue weighted by atomic mass is 16.5. The second-order valence-corrected chi connectivity index (χ2v) is 7.95. The van der Waals surface area contributed by atoms with Crippen LogP contribution in [0.2, 0.25) is 0 Å². The molecule has 0 amide bonds. The van der Waals surface area contributed by atoms with E-state index in [0.29, 0.717) is 36.7 Å². The molecule has 32 heavy (non-hydrogen) atoms. The van der Waals surface area contributed by atoms with Gasteiger partial charge in [0.2, 0.25) is 5.95 Å². The highest BCUT2D eigenvalue weighted by Crippen LogP contribution is 2.33. The van der Waals surface area contributed by atoms with Crippen molar-refractivity contribution < 1.29 is 4.74 Å². The molecule has 0 atom stereocenters. The van der Waals surface area contributed by atoms with Gasteiger partial charge in [0.25, 0.3) is 5.56 Å². The molecule has 0 saturated heterocycles. The number of fused-ring (bicyclic) bond motifs is 3. The van der Waals surface area contributed by atoms with Crippen LogP contribution in [0.3, 0.4) is 0 Å². The normalized spacial score (nSPS) is 13.0. The summed E-state index contributed by atoms with van der Waals surface area (Å²) < 4.78 is 10.6. The lowest BCUT2D eigenvalue weighted by molar-refractivity contribution is 0.482. The average molecular weight is 431 g/mol. The lowest BCUT2D eigenvalue weighted by Crippen LogP contribution is -2.39. The third kappa shape index (κ3) is 3.28. The second kappa shape index (κ2) is 8.03. The van der Waals surface area contributed by atoms with Gasteiger partial charge in [-0.3, -0.25) is 13.9 Å². The quantitative estimate of drug-likeness (QED) is 0.466. The van der Waals surface area contributed by atoms with Gasteiger partial charge in [-0.05, 0) is 42.8 Å². The molecule has 0 radical (unpaired) electrons. The van der Waals surface area contributed by atoms with Crippen LogP contribution >= 0.6 is 0 Å². The zero-order valence-corrected chi connectivity index (χ0v) is 18.2. The van der Waals surface area contributed by atoms with Crippen LogP contribution in [0.25, 0.3) is 11.2 Å². The number of hydrogen-bond donors (Lipinski definition) is 0. The van der Waals surface area contributed by atoms with Crippen molar-refractivity contribution in [2.45, 2.75) is 32.9 Å². The third-order valence-corrected chi connectivity index (χ3v) is 5.86. The van der Waals surface area contributed by atoms with E-state index in [4.69, 9.17) is 9.72 Å². The first-order valence-electron chi connectivity index (χ1n) is 10.9. The molecule has 2 aromatic carbocycles. The first kappa shape index (κ1) is 20.1. The van der Waals surface area contributed by atoms with Crippen molar-refractivity contribution in [2.24, 2.45) is 7.05 Å². The summed E-state index contributed by atoms with van der Waals surface area (Å²) in [5.74, 6) is 2.20. The molecule has 0 spiro atoms. The first-order chi connectivity index (χ1) is 15.6. The Morgan fingerprint density at radius 2 is 1.69 bits per heavy atom. The van der Waals surface area contributed by atoms with E-state index in [9.17, 15) is 9.59 Å². The number of nitrogens with zero attached hydrogens (tertiary/aromatic N) is 5. The zero-order valence-electron chi connectivity index (χ0n) is 18.2. The standard InChI is InChI=1S/C24H25N5O3/c1-3-4-14-29-22(30)20-21(26(2)24(29)31)25-23-27(15-16-28(20)23)17-10-12-19(13-11-17)32-18-8-6-5-7-9-18/h5-13H,3-4,14-16H2,1-2H3. The highest BCUT2D eigenvalue weighted by molar-refractivity contribution is 5.77. The number of aromatic nitrogens is 4. The summed E-state index contributed by atoms with van der Waals surface area (Å²) in [6, 6.07) is 17.4. The number of para-hydroxylation sites is 1. The monoisotopic (exact) mass is 431 g/mol. The van der Waals surface area contributed by atoms with Crippen molar-refractivity contribution >= 4 is 22.8 Å². The van der Waals surface area contributed by atoms with Crippen LogP contribution in [-0.4, -0.2) is 25.2 Å². The predicted molar refractivity (Wildman–Crippen MR) is 124 cm³/mol. The van der Waals surface area contributed by atoms with E-state index < -0.39 is 0 Å². The molecule has 0 bridgehead atoms. The van der Waals surface area contributed by atoms with Gasteiger partial charge in [0.15, 0.2) is 11.2 Å². The Balaban J connectivity index is 1.50. The van der Waals surface area contributed by atoms with Gasteiger partial charge in [-0.2, -0.15) is 4.98 Å². The Hall–Kier alpha value is -3.81. The molecule has 164 valence electrons. The molecule has 1 aliphatic rings. The van der Waals surface area contributed by atoms with Gasteiger partial charge >= 0.3 is 5.69 Å². The molecule has 4 aromatic rings. The number of imidazole rings is 1. The van der Waals surface area contributed by atoms with E-state index in [-0.39, 0.29) is 11.2 Å². The Morgan fingerprint density at radius 3 is 2.41 bits per heavy atom. The minimum atomic E-state index is -0.318. The lowest BCUT2D eigenvalue weighted by Gasteiger charge is -2.16. The van der Waals surface area contributed by atoms with Gasteiger partial charge in [-0.1, -0.05) is 31.5 Å². The maximum absolute atomic E-state index is 13.1. The number of rotatable bonds is 6. The molecule has 8 heteroatoms. The minimum Gasteiger partial charge on any atom is -0.457 e. The number of ether oxygens (including phenoxy) is 1. The molecule has 3 heterocycles. The summed E-state index contributed by atoms with van der Waals surface area (Å²) in [4.78, 5) is 32.6. The third-order valence-electron chi connectivity index (χ3n) is 5.86. The van der Waals surface area contributed by atoms with Crippen molar-refractivity contribution in [1.82, 2.24) is 18.7 Å². The van der Waals surface area contributed by atoms with Gasteiger partial charge in [0.05, 0.1) is 0 Å². The van der Waals surface area contributed by atoms with Crippen LogP contribution in [0.1, 0.15) is 19.8 Å². The fourth-order valence-electron chi connectivity index (χ4n) is 4.15. The molecule has 0 fully saturated rings. The smallest absolute Gasteiger partial charge is 0.332 e. The summed E-state index contributed by atoms with van der Waals surface area (Å²) >= 11 is 0. The lowest BCUT2D eigenvalue weighted by atomic mass is 10.2. The van der Waals surface area contributed by atoms with Crippen LogP contribution in [-0.2, 0) is 20.1 Å². The van der Waals surface area contributed by atoms with Gasteiger partial charge < -0.3 is 14.2 Å². The molecule has 2 aromatic heterocycles. The van der Waals surface area contributed by atoms with Gasteiger partial charge in [0, 0.05) is 32.4 Å². The molecule has 0 saturated carbocycles. The topological polar surface area (TPSA) is 74.3 Å². The van der Waals surface area contributed by atoms with Crippen LogP contribution in [0.5, 0.6) is 11.5 Å². The van der Waals surface area contributed by atoms with Gasteiger partial charge in [0.1, 0.15) is 11.5 Å². The van der Waals surface area contributed by atoms with E-state index in [1.165, 1.54) is 9.13 Å². The number of hydrogen-bond acceptors (Lipinski definition) is 5. The minimum absolute atomic E-state index is 0.260. The molecular weight excluding hydrogens is 406 g/mol. The molecule has 5 rings (SSSR count). The van der Waals surface area contributed by atoms with Gasteiger partial charge in [-0.25, -0.2) is 4.79 Å². The van der Waals surface area contributed by atoms with E-state index >= 15 is 0 Å². The first-order valence-corrected chi connectivity index (χ1v) is 10.9. The molecule has 0 N–H and O–H groups in total. The van der Waals surface area contributed by atoms with Crippen molar-refractivity contribution in [3.63, 3.8) is 0 Å². The predicted octanol–water partition coefficient (Wildman–Crippen LogP) is 3.64. The Kier molecular flexibility index (Phi) is 5.05.